The van der Waals surface area contributed by atoms with Crippen molar-refractivity contribution >= 4 is 11.8 Å². The second-order valence-electron chi connectivity index (χ2n) is 7.63. The maximum atomic E-state index is 12.3. The normalized spacial score (nSPS) is 15.5. The number of nitrogens with one attached hydrogen (secondary N) is 1. The SMILES string of the molecule is CCN(CC1CCN(CCc2ccccc2C)CC1)C(=O)CCNC(C)=O. The first-order valence-corrected chi connectivity index (χ1v) is 10.3. The zero-order valence-electron chi connectivity index (χ0n) is 17.2. The third-order valence-corrected chi connectivity index (χ3v) is 5.59. The maximum absolute atomic E-state index is 12.3. The molecule has 0 saturated carbocycles. The molecule has 0 spiro atoms. The molecule has 0 aliphatic carbocycles. The van der Waals surface area contributed by atoms with Crippen molar-refractivity contribution in [2.45, 2.75) is 46.5 Å². The molecule has 2 rings (SSSR count). The minimum atomic E-state index is -0.0797. The summed E-state index contributed by atoms with van der Waals surface area (Å²) < 4.78 is 0. The van der Waals surface area contributed by atoms with E-state index in [1.54, 1.807) is 0 Å². The summed E-state index contributed by atoms with van der Waals surface area (Å²) in [5, 5.41) is 2.70. The van der Waals surface area contributed by atoms with E-state index >= 15 is 0 Å². The maximum Gasteiger partial charge on any atom is 0.224 e. The van der Waals surface area contributed by atoms with E-state index in [1.165, 1.54) is 18.1 Å². The average molecular weight is 374 g/mol. The fraction of sp³-hybridized carbons (Fsp3) is 0.636. The largest absolute Gasteiger partial charge is 0.356 e. The second-order valence-corrected chi connectivity index (χ2v) is 7.63. The third-order valence-electron chi connectivity index (χ3n) is 5.59. The quantitative estimate of drug-likeness (QED) is 0.724. The van der Waals surface area contributed by atoms with E-state index in [-0.39, 0.29) is 11.8 Å². The summed E-state index contributed by atoms with van der Waals surface area (Å²) in [6, 6.07) is 8.63. The zero-order chi connectivity index (χ0) is 19.6. The Morgan fingerprint density at radius 2 is 1.93 bits per heavy atom. The van der Waals surface area contributed by atoms with Gasteiger partial charge in [-0.3, -0.25) is 9.59 Å². The summed E-state index contributed by atoms with van der Waals surface area (Å²) in [5.41, 5.74) is 2.82. The summed E-state index contributed by atoms with van der Waals surface area (Å²) in [7, 11) is 0. The average Bonchev–Trinajstić information content (AvgIpc) is 2.66. The van der Waals surface area contributed by atoms with Crippen molar-refractivity contribution in [1.29, 1.82) is 0 Å². The van der Waals surface area contributed by atoms with Crippen LogP contribution in [0.25, 0.3) is 0 Å². The highest BCUT2D eigenvalue weighted by molar-refractivity contribution is 5.78. The Morgan fingerprint density at radius 3 is 2.56 bits per heavy atom. The third kappa shape index (κ3) is 7.33. The van der Waals surface area contributed by atoms with Gasteiger partial charge in [0, 0.05) is 39.5 Å². The Hall–Kier alpha value is -1.88. The molecule has 5 nitrogen and oxygen atoms in total. The van der Waals surface area contributed by atoms with Crippen molar-refractivity contribution in [1.82, 2.24) is 15.1 Å². The summed E-state index contributed by atoms with van der Waals surface area (Å²) in [5.74, 6) is 0.654. The minimum Gasteiger partial charge on any atom is -0.356 e. The molecule has 1 aliphatic rings. The van der Waals surface area contributed by atoms with Gasteiger partial charge in [0.05, 0.1) is 0 Å². The fourth-order valence-corrected chi connectivity index (χ4v) is 3.78. The number of piperidine rings is 1. The van der Waals surface area contributed by atoms with Crippen molar-refractivity contribution < 1.29 is 9.59 Å². The summed E-state index contributed by atoms with van der Waals surface area (Å²) in [6.07, 6.45) is 3.81. The topological polar surface area (TPSA) is 52.6 Å². The minimum absolute atomic E-state index is 0.0797. The van der Waals surface area contributed by atoms with Crippen LogP contribution in [0.15, 0.2) is 24.3 Å². The van der Waals surface area contributed by atoms with Gasteiger partial charge in [-0.2, -0.15) is 0 Å². The Bertz CT molecular complexity index is 609. The standard InChI is InChI=1S/C22H35N3O2/c1-4-25(22(27)9-13-23-19(3)26)17-20-10-14-24(15-11-20)16-12-21-8-6-5-7-18(21)2/h5-8,20H,4,9-17H2,1-3H3,(H,23,26). The summed E-state index contributed by atoms with van der Waals surface area (Å²) >= 11 is 0. The molecule has 0 radical (unpaired) electrons. The van der Waals surface area contributed by atoms with Gasteiger partial charge in [0.2, 0.25) is 11.8 Å². The number of aryl methyl sites for hydroxylation is 1. The first-order chi connectivity index (χ1) is 13.0. The summed E-state index contributed by atoms with van der Waals surface area (Å²) in [4.78, 5) is 27.8. The molecule has 5 heteroatoms. The van der Waals surface area contributed by atoms with E-state index in [2.05, 4.69) is 41.4 Å². The van der Waals surface area contributed by atoms with Crippen LogP contribution >= 0.6 is 0 Å². The van der Waals surface area contributed by atoms with Gasteiger partial charge in [0.25, 0.3) is 0 Å². The summed E-state index contributed by atoms with van der Waals surface area (Å²) in [6.45, 7) is 11.1. The van der Waals surface area contributed by atoms with Crippen molar-refractivity contribution in [3.63, 3.8) is 0 Å². The number of amides is 2. The molecule has 1 heterocycles. The smallest absolute Gasteiger partial charge is 0.224 e. The van der Waals surface area contributed by atoms with Gasteiger partial charge in [-0.15, -0.1) is 0 Å². The van der Waals surface area contributed by atoms with E-state index in [4.69, 9.17) is 0 Å². The first-order valence-electron chi connectivity index (χ1n) is 10.3. The van der Waals surface area contributed by atoms with E-state index in [1.807, 2.05) is 11.8 Å². The number of likely N-dealkylation sites (tertiary alicyclic amines) is 1. The molecule has 1 fully saturated rings. The van der Waals surface area contributed by atoms with Gasteiger partial charge in [-0.25, -0.2) is 0 Å². The molecule has 0 bridgehead atoms. The van der Waals surface area contributed by atoms with Crippen LogP contribution in [0, 0.1) is 12.8 Å². The lowest BCUT2D eigenvalue weighted by atomic mass is 9.95. The molecule has 1 N–H and O–H groups in total. The van der Waals surface area contributed by atoms with Gasteiger partial charge < -0.3 is 15.1 Å². The van der Waals surface area contributed by atoms with Crippen molar-refractivity contribution in [2.75, 3.05) is 39.3 Å². The second kappa shape index (κ2) is 11.1. The Labute approximate surface area is 164 Å². The number of hydrogen-bond acceptors (Lipinski definition) is 3. The zero-order valence-corrected chi connectivity index (χ0v) is 17.2. The van der Waals surface area contributed by atoms with Crippen molar-refractivity contribution in [2.24, 2.45) is 5.92 Å². The molecule has 1 aromatic carbocycles. The van der Waals surface area contributed by atoms with Gasteiger partial charge in [-0.05, 0) is 63.2 Å². The van der Waals surface area contributed by atoms with Crippen LogP contribution in [0.1, 0.15) is 44.2 Å². The first kappa shape index (κ1) is 21.4. The van der Waals surface area contributed by atoms with Crippen LogP contribution in [0.3, 0.4) is 0 Å². The van der Waals surface area contributed by atoms with Crippen LogP contribution < -0.4 is 5.32 Å². The van der Waals surface area contributed by atoms with Gasteiger partial charge in [0.15, 0.2) is 0 Å². The highest BCUT2D eigenvalue weighted by Crippen LogP contribution is 2.19. The molecule has 1 aromatic rings. The number of hydrogen-bond donors (Lipinski definition) is 1. The predicted octanol–water partition coefficient (Wildman–Crippen LogP) is 2.62. The molecule has 150 valence electrons. The van der Waals surface area contributed by atoms with Crippen LogP contribution in [0.2, 0.25) is 0 Å². The van der Waals surface area contributed by atoms with E-state index in [9.17, 15) is 9.59 Å². The van der Waals surface area contributed by atoms with E-state index in [0.29, 0.717) is 18.9 Å². The molecule has 27 heavy (non-hydrogen) atoms. The van der Waals surface area contributed by atoms with Gasteiger partial charge in [-0.1, -0.05) is 24.3 Å². The van der Waals surface area contributed by atoms with E-state index in [0.717, 1.165) is 52.0 Å². The van der Waals surface area contributed by atoms with Crippen LogP contribution in [0.5, 0.6) is 0 Å². The molecular formula is C22H35N3O2. The van der Waals surface area contributed by atoms with Crippen LogP contribution in [-0.4, -0.2) is 60.9 Å². The molecular weight excluding hydrogens is 338 g/mol. The van der Waals surface area contributed by atoms with Crippen molar-refractivity contribution in [3.8, 4) is 0 Å². The molecule has 1 aliphatic heterocycles. The Morgan fingerprint density at radius 1 is 1.22 bits per heavy atom. The lowest BCUT2D eigenvalue weighted by Crippen LogP contribution is -2.42. The van der Waals surface area contributed by atoms with Crippen molar-refractivity contribution in [3.05, 3.63) is 35.4 Å². The van der Waals surface area contributed by atoms with Crippen LogP contribution in [-0.2, 0) is 16.0 Å². The van der Waals surface area contributed by atoms with Gasteiger partial charge in [0.1, 0.15) is 0 Å². The van der Waals surface area contributed by atoms with Crippen LogP contribution in [0.4, 0.5) is 0 Å². The lowest BCUT2D eigenvalue weighted by molar-refractivity contribution is -0.131. The highest BCUT2D eigenvalue weighted by Gasteiger charge is 2.22. The molecule has 0 aromatic heterocycles. The number of nitrogens with zero attached hydrogens (tertiary/aromatic N) is 2. The molecule has 0 atom stereocenters. The Kier molecular flexibility index (Phi) is 8.79. The number of benzene rings is 1. The predicted molar refractivity (Wildman–Crippen MR) is 110 cm³/mol. The fourth-order valence-electron chi connectivity index (χ4n) is 3.78. The number of carbonyl (C=O) groups excluding carboxylic acids is 2. The Balaban J connectivity index is 1.70. The highest BCUT2D eigenvalue weighted by atomic mass is 16.2. The molecule has 1 saturated heterocycles. The molecule has 0 unspecified atom stereocenters. The lowest BCUT2D eigenvalue weighted by Gasteiger charge is -2.34. The van der Waals surface area contributed by atoms with E-state index < -0.39 is 0 Å². The van der Waals surface area contributed by atoms with Gasteiger partial charge >= 0.3 is 0 Å². The monoisotopic (exact) mass is 373 g/mol. The number of carbonyl (C=O) groups is 2. The molecule has 2 amide bonds. The number of rotatable bonds is 9.